The highest BCUT2D eigenvalue weighted by molar-refractivity contribution is 6.36. The van der Waals surface area contributed by atoms with Crippen LogP contribution in [0.5, 0.6) is 0 Å². The van der Waals surface area contributed by atoms with Gasteiger partial charge in [-0.25, -0.2) is 4.79 Å². The molecule has 2 aromatic rings. The van der Waals surface area contributed by atoms with E-state index in [1.807, 2.05) is 79.5 Å². The maximum atomic E-state index is 11.2. The molecular formula is C17H16N2O. The lowest BCUT2D eigenvalue weighted by Crippen LogP contribution is -2.09. The van der Waals surface area contributed by atoms with Gasteiger partial charge in [0, 0.05) is 25.3 Å². The van der Waals surface area contributed by atoms with E-state index in [-0.39, 0.29) is 11.3 Å². The summed E-state index contributed by atoms with van der Waals surface area (Å²) in [6, 6.07) is 16.7. The number of nitrogens with one attached hydrogen (secondary N) is 1. The number of allylic oxidation sites excluding steroid dienone is 1. The van der Waals surface area contributed by atoms with Crippen LogP contribution in [0.15, 0.2) is 54.6 Å². The Labute approximate surface area is 118 Å². The molecule has 0 aromatic heterocycles. The van der Waals surface area contributed by atoms with Gasteiger partial charge in [-0.3, -0.25) is 5.41 Å². The van der Waals surface area contributed by atoms with E-state index in [9.17, 15) is 4.79 Å². The second-order valence-electron chi connectivity index (χ2n) is 4.66. The summed E-state index contributed by atoms with van der Waals surface area (Å²) >= 11 is 0. The largest absolute Gasteiger partial charge is 0.378 e. The highest BCUT2D eigenvalue weighted by Gasteiger charge is 2.11. The normalized spacial score (nSPS) is 9.70. The van der Waals surface area contributed by atoms with Gasteiger partial charge in [-0.2, -0.15) is 0 Å². The first kappa shape index (κ1) is 13.8. The maximum absolute atomic E-state index is 11.2. The van der Waals surface area contributed by atoms with E-state index < -0.39 is 0 Å². The third-order valence-corrected chi connectivity index (χ3v) is 3.09. The number of rotatable bonds is 4. The first-order valence-electron chi connectivity index (χ1n) is 6.30. The van der Waals surface area contributed by atoms with Gasteiger partial charge in [0.15, 0.2) is 0 Å². The molecule has 0 aliphatic carbocycles. The Kier molecular flexibility index (Phi) is 4.14. The van der Waals surface area contributed by atoms with Crippen molar-refractivity contribution in [3.63, 3.8) is 0 Å². The summed E-state index contributed by atoms with van der Waals surface area (Å²) in [5.74, 6) is 1.89. The lowest BCUT2D eigenvalue weighted by Gasteiger charge is -2.13. The van der Waals surface area contributed by atoms with Crippen molar-refractivity contribution in [2.75, 3.05) is 19.0 Å². The first-order chi connectivity index (χ1) is 9.63. The van der Waals surface area contributed by atoms with Crippen LogP contribution < -0.4 is 4.90 Å². The fourth-order valence-electron chi connectivity index (χ4n) is 1.93. The number of nitrogens with zero attached hydrogens (tertiary/aromatic N) is 1. The van der Waals surface area contributed by atoms with Crippen LogP contribution in [-0.4, -0.2) is 25.7 Å². The average Bonchev–Trinajstić information content (AvgIpc) is 2.49. The Morgan fingerprint density at radius 3 is 2.05 bits per heavy atom. The van der Waals surface area contributed by atoms with Crippen LogP contribution in [0.4, 0.5) is 5.69 Å². The molecule has 20 heavy (non-hydrogen) atoms. The summed E-state index contributed by atoms with van der Waals surface area (Å²) < 4.78 is 0. The second kappa shape index (κ2) is 6.00. The molecule has 1 N–H and O–H groups in total. The summed E-state index contributed by atoms with van der Waals surface area (Å²) in [5.41, 5.74) is 2.94. The predicted octanol–water partition coefficient (Wildman–Crippen LogP) is 3.04. The summed E-state index contributed by atoms with van der Waals surface area (Å²) in [6.45, 7) is 0. The van der Waals surface area contributed by atoms with Gasteiger partial charge in [0.2, 0.25) is 0 Å². The molecule has 0 heterocycles. The summed E-state index contributed by atoms with van der Waals surface area (Å²) in [7, 11) is 3.92. The molecule has 0 fully saturated rings. The van der Waals surface area contributed by atoms with Crippen LogP contribution in [0.1, 0.15) is 11.1 Å². The molecule has 0 aliphatic heterocycles. The summed E-state index contributed by atoms with van der Waals surface area (Å²) in [5, 5.41) is 8.19. The monoisotopic (exact) mass is 264 g/mol. The van der Waals surface area contributed by atoms with Crippen LogP contribution >= 0.6 is 0 Å². The van der Waals surface area contributed by atoms with Crippen LogP contribution in [0.3, 0.4) is 0 Å². The van der Waals surface area contributed by atoms with Gasteiger partial charge in [0.25, 0.3) is 0 Å². The van der Waals surface area contributed by atoms with E-state index in [0.29, 0.717) is 11.1 Å². The topological polar surface area (TPSA) is 44.2 Å². The molecule has 0 atom stereocenters. The van der Waals surface area contributed by atoms with Crippen molar-refractivity contribution in [3.05, 3.63) is 65.7 Å². The number of hydrogen-bond donors (Lipinski definition) is 1. The molecule has 0 saturated carbocycles. The van der Waals surface area contributed by atoms with Gasteiger partial charge >= 0.3 is 0 Å². The SMILES string of the molecule is CN(C)c1ccc(C(=N)C(=C=O)c2ccccc2)cc1. The molecule has 0 unspecified atom stereocenters. The molecule has 100 valence electrons. The van der Waals surface area contributed by atoms with Crippen molar-refractivity contribution in [3.8, 4) is 0 Å². The van der Waals surface area contributed by atoms with Crippen LogP contribution in [0.2, 0.25) is 0 Å². The molecule has 0 spiro atoms. The number of anilines is 1. The molecule has 0 bridgehead atoms. The molecule has 2 aromatic carbocycles. The zero-order chi connectivity index (χ0) is 14.5. The Morgan fingerprint density at radius 2 is 1.55 bits per heavy atom. The van der Waals surface area contributed by atoms with Gasteiger partial charge < -0.3 is 4.90 Å². The summed E-state index contributed by atoms with van der Waals surface area (Å²) in [4.78, 5) is 13.2. The van der Waals surface area contributed by atoms with Crippen molar-refractivity contribution < 1.29 is 4.79 Å². The van der Waals surface area contributed by atoms with Crippen LogP contribution in [0, 0.1) is 5.41 Å². The van der Waals surface area contributed by atoms with Gasteiger partial charge in [-0.15, -0.1) is 0 Å². The minimum absolute atomic E-state index is 0.191. The van der Waals surface area contributed by atoms with Crippen molar-refractivity contribution >= 4 is 22.9 Å². The Bertz CT molecular complexity index is 651. The molecule has 0 amide bonds. The molecule has 3 heteroatoms. The number of benzene rings is 2. The lowest BCUT2D eigenvalue weighted by molar-refractivity contribution is 0.570. The third kappa shape index (κ3) is 2.85. The number of carbonyl (C=O) groups excluding carboxylic acids is 1. The van der Waals surface area contributed by atoms with Crippen LogP contribution in [0.25, 0.3) is 5.57 Å². The van der Waals surface area contributed by atoms with Crippen LogP contribution in [-0.2, 0) is 4.79 Å². The highest BCUT2D eigenvalue weighted by atomic mass is 16.1. The van der Waals surface area contributed by atoms with Gasteiger partial charge in [0.05, 0.1) is 11.3 Å². The zero-order valence-electron chi connectivity index (χ0n) is 11.6. The summed E-state index contributed by atoms with van der Waals surface area (Å²) in [6.07, 6.45) is 0. The van der Waals surface area contributed by atoms with E-state index in [4.69, 9.17) is 5.41 Å². The third-order valence-electron chi connectivity index (χ3n) is 3.09. The van der Waals surface area contributed by atoms with E-state index in [1.54, 1.807) is 0 Å². The fourth-order valence-corrected chi connectivity index (χ4v) is 1.93. The van der Waals surface area contributed by atoms with Crippen molar-refractivity contribution in [1.29, 1.82) is 5.41 Å². The first-order valence-corrected chi connectivity index (χ1v) is 6.30. The smallest absolute Gasteiger partial charge is 0.135 e. The molecule has 0 saturated heterocycles. The molecular weight excluding hydrogens is 248 g/mol. The number of hydrogen-bond acceptors (Lipinski definition) is 3. The highest BCUT2D eigenvalue weighted by Crippen LogP contribution is 2.19. The average molecular weight is 264 g/mol. The van der Waals surface area contributed by atoms with Crippen molar-refractivity contribution in [2.24, 2.45) is 0 Å². The molecule has 0 aliphatic rings. The maximum Gasteiger partial charge on any atom is 0.135 e. The Hall–Kier alpha value is -2.64. The fraction of sp³-hybridized carbons (Fsp3) is 0.118. The van der Waals surface area contributed by atoms with Gasteiger partial charge in [0.1, 0.15) is 5.94 Å². The van der Waals surface area contributed by atoms with Crippen molar-refractivity contribution in [1.82, 2.24) is 0 Å². The lowest BCUT2D eigenvalue weighted by atomic mass is 9.97. The Balaban J connectivity index is 2.33. The zero-order valence-corrected chi connectivity index (χ0v) is 11.6. The van der Waals surface area contributed by atoms with E-state index in [0.717, 1.165) is 5.69 Å². The van der Waals surface area contributed by atoms with Gasteiger partial charge in [-0.1, -0.05) is 42.5 Å². The van der Waals surface area contributed by atoms with E-state index >= 15 is 0 Å². The quantitative estimate of drug-likeness (QED) is 0.681. The minimum atomic E-state index is 0.191. The van der Waals surface area contributed by atoms with Gasteiger partial charge in [-0.05, 0) is 17.7 Å². The minimum Gasteiger partial charge on any atom is -0.378 e. The standard InChI is InChI=1S/C17H16N2O/c1-19(2)15-10-8-14(9-11-15)17(18)16(12-20)13-6-4-3-5-7-13/h3-11,18H,1-2H3. The van der Waals surface area contributed by atoms with Crippen molar-refractivity contribution in [2.45, 2.75) is 0 Å². The second-order valence-corrected chi connectivity index (χ2v) is 4.66. The van der Waals surface area contributed by atoms with E-state index in [2.05, 4.69) is 0 Å². The molecule has 0 radical (unpaired) electrons. The molecule has 3 nitrogen and oxygen atoms in total. The predicted molar refractivity (Wildman–Crippen MR) is 83.1 cm³/mol. The van der Waals surface area contributed by atoms with E-state index in [1.165, 1.54) is 0 Å². The Morgan fingerprint density at radius 1 is 0.950 bits per heavy atom. The molecule has 2 rings (SSSR count).